The number of benzene rings is 4. The quantitative estimate of drug-likeness (QED) is 0.161. The first-order valence-corrected chi connectivity index (χ1v) is 19.7. The van der Waals surface area contributed by atoms with Crippen molar-refractivity contribution in [3.8, 4) is 11.5 Å². The van der Waals surface area contributed by atoms with Crippen molar-refractivity contribution in [1.29, 1.82) is 0 Å². The van der Waals surface area contributed by atoms with Crippen molar-refractivity contribution < 1.29 is 22.8 Å². The van der Waals surface area contributed by atoms with Crippen LogP contribution in [0.1, 0.15) is 125 Å². The molecule has 0 heterocycles. The minimum atomic E-state index is -0.126. The molecule has 7 heteroatoms. The molecule has 4 aromatic rings. The molecular weight excluding hydrogens is 658 g/mol. The Hall–Kier alpha value is -2.26. The standard InChI is InChI=1S/C43H60O5P2/c1-40(2,3)31-16-14-27-22-38(36(42(7,8)9)20-29(27)18-31)47-49-45-34-24-33(44-13)25-35(26-34)46-50-48-39-23-28-15-17-32(41(4,5)6)19-30(28)21-37(39)43(10,11)12/h14-23,33-35,49-50H,24-26H2,1-13H3. The summed E-state index contributed by atoms with van der Waals surface area (Å²) >= 11 is 0. The zero-order valence-corrected chi connectivity index (χ0v) is 34.7. The highest BCUT2D eigenvalue weighted by atomic mass is 31.1. The number of fused-ring (bicyclic) bond motifs is 2. The Kier molecular flexibility index (Phi) is 11.7. The molecule has 0 aliphatic heterocycles. The molecule has 1 fully saturated rings. The number of hydrogen-bond donors (Lipinski definition) is 0. The molecule has 1 saturated carbocycles. The Morgan fingerprint density at radius 2 is 0.840 bits per heavy atom. The maximum atomic E-state index is 6.42. The molecule has 4 unspecified atom stereocenters. The van der Waals surface area contributed by atoms with Gasteiger partial charge in [0.1, 0.15) is 11.5 Å². The van der Waals surface area contributed by atoms with Gasteiger partial charge < -0.3 is 22.8 Å². The SMILES string of the molecule is COC1CC(OPOc2cc3ccc(C(C)(C)C)cc3cc2C(C)(C)C)CC(OPOc2cc3ccc(C(C)(C)C)cc3cc2C(C)(C)C)C1. The van der Waals surface area contributed by atoms with Gasteiger partial charge in [0.15, 0.2) is 0 Å². The van der Waals surface area contributed by atoms with Gasteiger partial charge in [-0.25, -0.2) is 0 Å². The molecule has 0 bridgehead atoms. The number of hydrogen-bond acceptors (Lipinski definition) is 5. The maximum absolute atomic E-state index is 6.42. The first-order valence-electron chi connectivity index (χ1n) is 18.1. The van der Waals surface area contributed by atoms with Crippen LogP contribution in [-0.2, 0) is 35.4 Å². The topological polar surface area (TPSA) is 46.2 Å². The molecule has 0 amide bonds. The molecule has 0 radical (unpaired) electrons. The molecule has 5 rings (SSSR count). The van der Waals surface area contributed by atoms with Crippen molar-refractivity contribution in [1.82, 2.24) is 0 Å². The molecule has 4 aromatic carbocycles. The Labute approximate surface area is 305 Å². The lowest BCUT2D eigenvalue weighted by Gasteiger charge is -2.33. The zero-order valence-electron chi connectivity index (χ0n) is 32.7. The van der Waals surface area contributed by atoms with Crippen LogP contribution < -0.4 is 9.05 Å². The molecule has 1 aliphatic rings. The van der Waals surface area contributed by atoms with Crippen LogP contribution in [-0.4, -0.2) is 25.4 Å². The van der Waals surface area contributed by atoms with E-state index in [1.807, 2.05) is 0 Å². The summed E-state index contributed by atoms with van der Waals surface area (Å²) in [7, 11) is 1.52. The lowest BCUT2D eigenvalue weighted by molar-refractivity contribution is -0.0219. The van der Waals surface area contributed by atoms with Gasteiger partial charge in [0.2, 0.25) is 18.1 Å². The zero-order chi connectivity index (χ0) is 36.6. The van der Waals surface area contributed by atoms with Crippen molar-refractivity contribution in [2.75, 3.05) is 7.11 Å². The highest BCUT2D eigenvalue weighted by Crippen LogP contribution is 2.42. The molecule has 272 valence electrons. The van der Waals surface area contributed by atoms with E-state index in [-0.39, 0.29) is 58.0 Å². The van der Waals surface area contributed by atoms with Gasteiger partial charge in [-0.2, -0.15) is 0 Å². The lowest BCUT2D eigenvalue weighted by atomic mass is 9.82. The van der Waals surface area contributed by atoms with E-state index in [0.717, 1.165) is 30.8 Å². The van der Waals surface area contributed by atoms with Crippen molar-refractivity contribution in [3.05, 3.63) is 82.9 Å². The van der Waals surface area contributed by atoms with Gasteiger partial charge in [0.05, 0.1) is 18.3 Å². The van der Waals surface area contributed by atoms with Gasteiger partial charge in [-0.1, -0.05) is 119 Å². The van der Waals surface area contributed by atoms with Crippen LogP contribution in [0.25, 0.3) is 21.5 Å². The molecule has 0 saturated heterocycles. The maximum Gasteiger partial charge on any atom is 0.215 e. The fourth-order valence-corrected chi connectivity index (χ4v) is 7.93. The highest BCUT2D eigenvalue weighted by Gasteiger charge is 2.32. The van der Waals surface area contributed by atoms with Crippen LogP contribution in [0.2, 0.25) is 0 Å². The van der Waals surface area contributed by atoms with Gasteiger partial charge in [0.25, 0.3) is 0 Å². The van der Waals surface area contributed by atoms with E-state index in [2.05, 4.69) is 144 Å². The summed E-state index contributed by atoms with van der Waals surface area (Å²) in [6.07, 6.45) is 2.39. The summed E-state index contributed by atoms with van der Waals surface area (Å²) < 4.78 is 31.5. The van der Waals surface area contributed by atoms with Crippen molar-refractivity contribution >= 4 is 39.6 Å². The van der Waals surface area contributed by atoms with Gasteiger partial charge in [-0.05, 0) is 78.6 Å². The summed E-state index contributed by atoms with van der Waals surface area (Å²) in [5, 5.41) is 4.83. The third-order valence-corrected chi connectivity index (χ3v) is 11.3. The van der Waals surface area contributed by atoms with E-state index in [0.29, 0.717) is 0 Å². The molecule has 0 aromatic heterocycles. The van der Waals surface area contributed by atoms with E-state index in [9.17, 15) is 0 Å². The van der Waals surface area contributed by atoms with Crippen LogP contribution in [0.5, 0.6) is 11.5 Å². The monoisotopic (exact) mass is 718 g/mol. The summed E-state index contributed by atoms with van der Waals surface area (Å²) in [5.74, 6) is 1.77. The number of rotatable bonds is 9. The Balaban J connectivity index is 1.24. The second kappa shape index (κ2) is 15.0. The van der Waals surface area contributed by atoms with Gasteiger partial charge in [-0.15, -0.1) is 0 Å². The van der Waals surface area contributed by atoms with Crippen LogP contribution >= 0.6 is 18.1 Å². The molecule has 50 heavy (non-hydrogen) atoms. The van der Waals surface area contributed by atoms with E-state index < -0.39 is 0 Å². The van der Waals surface area contributed by atoms with Crippen LogP contribution in [0.3, 0.4) is 0 Å². The van der Waals surface area contributed by atoms with Crippen LogP contribution in [0.4, 0.5) is 0 Å². The summed E-state index contributed by atoms with van der Waals surface area (Å²) in [4.78, 5) is 0. The van der Waals surface area contributed by atoms with E-state index in [4.69, 9.17) is 22.8 Å². The first kappa shape index (κ1) is 39.0. The third kappa shape index (κ3) is 9.58. The fraction of sp³-hybridized carbons (Fsp3) is 0.535. The van der Waals surface area contributed by atoms with Crippen molar-refractivity contribution in [2.24, 2.45) is 0 Å². The molecule has 5 nitrogen and oxygen atoms in total. The average Bonchev–Trinajstić information content (AvgIpc) is 3.01. The van der Waals surface area contributed by atoms with Gasteiger partial charge in [0, 0.05) is 37.5 Å². The largest absolute Gasteiger partial charge is 0.449 e. The highest BCUT2D eigenvalue weighted by molar-refractivity contribution is 7.27. The molecule has 0 spiro atoms. The minimum Gasteiger partial charge on any atom is -0.449 e. The number of ether oxygens (including phenoxy) is 1. The Morgan fingerprint density at radius 1 is 0.460 bits per heavy atom. The van der Waals surface area contributed by atoms with Crippen LogP contribution in [0.15, 0.2) is 60.7 Å². The smallest absolute Gasteiger partial charge is 0.215 e. The Morgan fingerprint density at radius 3 is 1.18 bits per heavy atom. The molecular formula is C43H60O5P2. The van der Waals surface area contributed by atoms with Crippen molar-refractivity contribution in [3.63, 3.8) is 0 Å². The third-order valence-electron chi connectivity index (χ3n) is 9.87. The fourth-order valence-electron chi connectivity index (χ4n) is 6.65. The predicted molar refractivity (Wildman–Crippen MR) is 215 cm³/mol. The molecule has 4 atom stereocenters. The van der Waals surface area contributed by atoms with E-state index >= 15 is 0 Å². The Bertz CT molecular complexity index is 1660. The van der Waals surface area contributed by atoms with Gasteiger partial charge in [-0.3, -0.25) is 0 Å². The predicted octanol–water partition coefficient (Wildman–Crippen LogP) is 12.6. The van der Waals surface area contributed by atoms with E-state index in [1.165, 1.54) is 43.8 Å². The van der Waals surface area contributed by atoms with Crippen molar-refractivity contribution in [2.45, 2.75) is 142 Å². The minimum absolute atomic E-state index is 0.0301. The summed E-state index contributed by atoms with van der Waals surface area (Å²) in [6.45, 7) is 27.0. The summed E-state index contributed by atoms with van der Waals surface area (Å²) in [6, 6.07) is 22.4. The first-order chi connectivity index (χ1) is 23.2. The lowest BCUT2D eigenvalue weighted by Crippen LogP contribution is -2.35. The second-order valence-electron chi connectivity index (χ2n) is 18.2. The normalized spacial score (nSPS) is 19.7. The summed E-state index contributed by atoms with van der Waals surface area (Å²) in [5.41, 5.74) is 5.06. The molecule has 0 N–H and O–H groups in total. The average molecular weight is 719 g/mol. The molecule has 1 aliphatic carbocycles. The van der Waals surface area contributed by atoms with Gasteiger partial charge >= 0.3 is 0 Å². The number of methoxy groups -OCH3 is 1. The second-order valence-corrected chi connectivity index (χ2v) is 19.4. The van der Waals surface area contributed by atoms with E-state index in [1.54, 1.807) is 7.11 Å². The van der Waals surface area contributed by atoms with Crippen LogP contribution in [0, 0.1) is 0 Å².